The van der Waals surface area contributed by atoms with Gasteiger partial charge in [-0.2, -0.15) is 0 Å². The van der Waals surface area contributed by atoms with Crippen LogP contribution in [0.2, 0.25) is 0 Å². The second kappa shape index (κ2) is 5.72. The summed E-state index contributed by atoms with van der Waals surface area (Å²) in [6.07, 6.45) is 1.69. The maximum absolute atomic E-state index is 11.2. The molecule has 0 unspecified atom stereocenters. The molecule has 7 nitrogen and oxygen atoms in total. The Morgan fingerprint density at radius 1 is 1.04 bits per heavy atom. The fraction of sp³-hybridized carbons (Fsp3) is 0. The molecule has 0 aliphatic carbocycles. The minimum absolute atomic E-state index is 0.197. The summed E-state index contributed by atoms with van der Waals surface area (Å²) in [6.45, 7) is 0. The number of nitrogens with two attached hydrogens (primary N) is 1. The Morgan fingerprint density at radius 2 is 1.78 bits per heavy atom. The minimum Gasteiger partial charge on any atom is -0.478 e. The third-order valence-corrected chi connectivity index (χ3v) is 3.32. The van der Waals surface area contributed by atoms with Gasteiger partial charge in [0, 0.05) is 11.1 Å². The predicted molar refractivity (Wildman–Crippen MR) is 82.3 cm³/mol. The van der Waals surface area contributed by atoms with Crippen molar-refractivity contribution in [2.45, 2.75) is 0 Å². The van der Waals surface area contributed by atoms with Crippen molar-refractivity contribution in [3.63, 3.8) is 0 Å². The summed E-state index contributed by atoms with van der Waals surface area (Å²) in [6, 6.07) is 13.1. The lowest BCUT2D eigenvalue weighted by Crippen LogP contribution is -2.10. The molecule has 0 aliphatic rings. The van der Waals surface area contributed by atoms with E-state index in [0.717, 1.165) is 5.56 Å². The predicted octanol–water partition coefficient (Wildman–Crippen LogP) is 1.73. The number of primary amides is 1. The first-order valence-electron chi connectivity index (χ1n) is 6.71. The van der Waals surface area contributed by atoms with Crippen LogP contribution in [0.15, 0.2) is 54.7 Å². The van der Waals surface area contributed by atoms with Gasteiger partial charge in [-0.05, 0) is 36.4 Å². The maximum atomic E-state index is 11.2. The van der Waals surface area contributed by atoms with Gasteiger partial charge >= 0.3 is 5.97 Å². The summed E-state index contributed by atoms with van der Waals surface area (Å²) < 4.78 is 1.53. The largest absolute Gasteiger partial charge is 0.478 e. The molecule has 1 aromatic heterocycles. The molecule has 1 amide bonds. The fourth-order valence-corrected chi connectivity index (χ4v) is 2.11. The molecule has 114 valence electrons. The van der Waals surface area contributed by atoms with E-state index in [1.54, 1.807) is 42.6 Å². The van der Waals surface area contributed by atoms with E-state index >= 15 is 0 Å². The lowest BCUT2D eigenvalue weighted by Gasteiger charge is -2.01. The molecule has 0 saturated carbocycles. The molecule has 0 saturated heterocycles. The normalized spacial score (nSPS) is 10.4. The van der Waals surface area contributed by atoms with Gasteiger partial charge in [-0.3, -0.25) is 4.79 Å². The number of hydrogen-bond donors (Lipinski definition) is 2. The Morgan fingerprint density at radius 3 is 2.43 bits per heavy atom. The zero-order valence-electron chi connectivity index (χ0n) is 11.9. The molecule has 0 spiro atoms. The van der Waals surface area contributed by atoms with Gasteiger partial charge in [0.1, 0.15) is 5.69 Å². The number of benzene rings is 2. The van der Waals surface area contributed by atoms with Crippen LogP contribution in [-0.2, 0) is 0 Å². The summed E-state index contributed by atoms with van der Waals surface area (Å²) in [4.78, 5) is 22.1. The van der Waals surface area contributed by atoms with E-state index in [1.165, 1.54) is 16.8 Å². The van der Waals surface area contributed by atoms with Gasteiger partial charge in [0.25, 0.3) is 0 Å². The molecule has 1 heterocycles. The highest BCUT2D eigenvalue weighted by Crippen LogP contribution is 2.19. The summed E-state index contributed by atoms with van der Waals surface area (Å²) in [5.41, 5.74) is 7.83. The minimum atomic E-state index is -0.987. The Hall–Kier alpha value is -3.48. The van der Waals surface area contributed by atoms with E-state index in [-0.39, 0.29) is 5.56 Å². The molecule has 7 heteroatoms. The number of nitrogens with zero attached hydrogens (tertiary/aromatic N) is 3. The SMILES string of the molecule is NC(=O)c1cccc(-c2cn(-c3ccc(C(=O)O)cc3)nn2)c1. The van der Waals surface area contributed by atoms with Crippen LogP contribution in [0.1, 0.15) is 20.7 Å². The lowest BCUT2D eigenvalue weighted by molar-refractivity contribution is 0.0696. The summed E-state index contributed by atoms with van der Waals surface area (Å²) in [7, 11) is 0. The van der Waals surface area contributed by atoms with Crippen LogP contribution in [0.25, 0.3) is 16.9 Å². The molecule has 0 aliphatic heterocycles. The van der Waals surface area contributed by atoms with E-state index in [9.17, 15) is 9.59 Å². The van der Waals surface area contributed by atoms with Crippen LogP contribution >= 0.6 is 0 Å². The van der Waals surface area contributed by atoms with Gasteiger partial charge in [-0.15, -0.1) is 5.10 Å². The standard InChI is InChI=1S/C16H12N4O3/c17-15(21)12-3-1-2-11(8-12)14-9-20(19-18-14)13-6-4-10(5-7-13)16(22)23/h1-9H,(H2,17,21)(H,22,23). The molecule has 23 heavy (non-hydrogen) atoms. The molecule has 3 N–H and O–H groups in total. The lowest BCUT2D eigenvalue weighted by atomic mass is 10.1. The van der Waals surface area contributed by atoms with Crippen LogP contribution in [0, 0.1) is 0 Å². The number of aromatic nitrogens is 3. The first-order valence-corrected chi connectivity index (χ1v) is 6.71. The molecule has 3 rings (SSSR count). The number of rotatable bonds is 4. The third-order valence-electron chi connectivity index (χ3n) is 3.32. The Bertz CT molecular complexity index is 884. The van der Waals surface area contributed by atoms with E-state index in [2.05, 4.69) is 10.3 Å². The average Bonchev–Trinajstić information content (AvgIpc) is 3.05. The average molecular weight is 308 g/mol. The molecular weight excluding hydrogens is 296 g/mol. The summed E-state index contributed by atoms with van der Waals surface area (Å²) in [5.74, 6) is -1.50. The van der Waals surface area contributed by atoms with Crippen molar-refractivity contribution in [3.05, 3.63) is 65.9 Å². The fourth-order valence-electron chi connectivity index (χ4n) is 2.11. The molecule has 0 atom stereocenters. The van der Waals surface area contributed by atoms with E-state index in [0.29, 0.717) is 16.9 Å². The van der Waals surface area contributed by atoms with Crippen molar-refractivity contribution in [2.24, 2.45) is 5.73 Å². The molecule has 2 aromatic carbocycles. The molecular formula is C16H12N4O3. The number of carbonyl (C=O) groups is 2. The quantitative estimate of drug-likeness (QED) is 0.762. The Labute approximate surface area is 131 Å². The first kappa shape index (κ1) is 14.5. The third kappa shape index (κ3) is 2.93. The van der Waals surface area contributed by atoms with Crippen molar-refractivity contribution >= 4 is 11.9 Å². The van der Waals surface area contributed by atoms with E-state index in [1.807, 2.05) is 0 Å². The number of carbonyl (C=O) groups excluding carboxylic acids is 1. The van der Waals surface area contributed by atoms with Crippen molar-refractivity contribution in [1.82, 2.24) is 15.0 Å². The number of amides is 1. The summed E-state index contributed by atoms with van der Waals surface area (Å²) >= 11 is 0. The molecule has 0 radical (unpaired) electrons. The van der Waals surface area contributed by atoms with Gasteiger partial charge in [0.15, 0.2) is 0 Å². The van der Waals surface area contributed by atoms with Crippen molar-refractivity contribution in [1.29, 1.82) is 0 Å². The zero-order valence-corrected chi connectivity index (χ0v) is 11.9. The van der Waals surface area contributed by atoms with Crippen LogP contribution in [0.3, 0.4) is 0 Å². The Kier molecular flexibility index (Phi) is 3.60. The van der Waals surface area contributed by atoms with Gasteiger partial charge < -0.3 is 10.8 Å². The maximum Gasteiger partial charge on any atom is 0.335 e. The highest BCUT2D eigenvalue weighted by atomic mass is 16.4. The molecule has 0 fully saturated rings. The second-order valence-electron chi connectivity index (χ2n) is 4.85. The Balaban J connectivity index is 1.92. The smallest absolute Gasteiger partial charge is 0.335 e. The van der Waals surface area contributed by atoms with Crippen molar-refractivity contribution < 1.29 is 14.7 Å². The summed E-state index contributed by atoms with van der Waals surface area (Å²) in [5, 5.41) is 17.0. The zero-order chi connectivity index (χ0) is 16.4. The highest BCUT2D eigenvalue weighted by Gasteiger charge is 2.09. The second-order valence-corrected chi connectivity index (χ2v) is 4.85. The van der Waals surface area contributed by atoms with E-state index < -0.39 is 11.9 Å². The molecule has 3 aromatic rings. The van der Waals surface area contributed by atoms with Crippen molar-refractivity contribution in [3.8, 4) is 16.9 Å². The number of carboxylic acids is 1. The van der Waals surface area contributed by atoms with Crippen LogP contribution in [0.4, 0.5) is 0 Å². The monoisotopic (exact) mass is 308 g/mol. The number of hydrogen-bond acceptors (Lipinski definition) is 4. The van der Waals surface area contributed by atoms with Gasteiger partial charge in [0.2, 0.25) is 5.91 Å². The number of aromatic carboxylic acids is 1. The molecule has 0 bridgehead atoms. The number of carboxylic acid groups (broad SMARTS) is 1. The van der Waals surface area contributed by atoms with Crippen LogP contribution < -0.4 is 5.73 Å². The highest BCUT2D eigenvalue weighted by molar-refractivity contribution is 5.94. The van der Waals surface area contributed by atoms with Crippen LogP contribution in [-0.4, -0.2) is 32.0 Å². The van der Waals surface area contributed by atoms with Crippen molar-refractivity contribution in [2.75, 3.05) is 0 Å². The van der Waals surface area contributed by atoms with Gasteiger partial charge in [-0.1, -0.05) is 17.3 Å². The first-order chi connectivity index (χ1) is 11.0. The van der Waals surface area contributed by atoms with E-state index in [4.69, 9.17) is 10.8 Å². The van der Waals surface area contributed by atoms with Gasteiger partial charge in [-0.25, -0.2) is 9.48 Å². The van der Waals surface area contributed by atoms with Gasteiger partial charge in [0.05, 0.1) is 17.4 Å². The van der Waals surface area contributed by atoms with Crippen LogP contribution in [0.5, 0.6) is 0 Å². The topological polar surface area (TPSA) is 111 Å².